The number of hydrogen-bond acceptors (Lipinski definition) is 10. The van der Waals surface area contributed by atoms with Crippen molar-refractivity contribution in [1.29, 1.82) is 0 Å². The molecule has 3 saturated heterocycles. The van der Waals surface area contributed by atoms with Crippen molar-refractivity contribution in [2.75, 3.05) is 61.5 Å². The summed E-state index contributed by atoms with van der Waals surface area (Å²) in [6, 6.07) is 14.9. The van der Waals surface area contributed by atoms with Gasteiger partial charge < -0.3 is 20.9 Å². The van der Waals surface area contributed by atoms with Crippen LogP contribution in [0.1, 0.15) is 44.2 Å². The topological polar surface area (TPSA) is 174 Å². The highest BCUT2D eigenvalue weighted by molar-refractivity contribution is 6.34. The summed E-state index contributed by atoms with van der Waals surface area (Å²) in [4.78, 5) is 66.6. The fraction of sp³-hybridized carbons (Fsp3) is 0.316. The number of rotatable bonds is 8. The number of urea groups is 1. The molecule has 1 unspecified atom stereocenters. The zero-order valence-corrected chi connectivity index (χ0v) is 30.3. The molecule has 5 aliphatic rings. The summed E-state index contributed by atoms with van der Waals surface area (Å²) >= 11 is 6.38. The van der Waals surface area contributed by atoms with Gasteiger partial charge in [0.1, 0.15) is 11.9 Å². The number of amides is 5. The van der Waals surface area contributed by atoms with Crippen LogP contribution in [0.2, 0.25) is 5.02 Å². The molecule has 5 amide bonds. The van der Waals surface area contributed by atoms with Gasteiger partial charge in [0, 0.05) is 87.7 Å². The van der Waals surface area contributed by atoms with Crippen molar-refractivity contribution in [2.24, 2.45) is 11.1 Å². The Labute approximate surface area is 315 Å². The highest BCUT2D eigenvalue weighted by Gasteiger charge is 2.53. The van der Waals surface area contributed by atoms with E-state index in [1.165, 1.54) is 16.7 Å². The number of carbonyl (C=O) groups is 4. The molecule has 2 aromatic heterocycles. The van der Waals surface area contributed by atoms with Gasteiger partial charge in [-0.3, -0.25) is 39.9 Å². The number of carbonyl (C=O) groups excluding carboxylic acids is 4. The number of hydrogen-bond donors (Lipinski definition) is 4. The number of nitrogens with zero attached hydrogens (tertiary/aromatic N) is 7. The molecular weight excluding hydrogens is 710 g/mol. The average molecular weight is 748 g/mol. The van der Waals surface area contributed by atoms with E-state index in [1.807, 2.05) is 18.1 Å². The fourth-order valence-corrected chi connectivity index (χ4v) is 8.70. The summed E-state index contributed by atoms with van der Waals surface area (Å²) < 4.78 is 1.66. The first kappa shape index (κ1) is 33.9. The van der Waals surface area contributed by atoms with Crippen molar-refractivity contribution in [2.45, 2.75) is 25.6 Å². The van der Waals surface area contributed by atoms with E-state index in [-0.39, 0.29) is 36.4 Å². The van der Waals surface area contributed by atoms with E-state index >= 15 is 0 Å². The Hall–Kier alpha value is -5.93. The van der Waals surface area contributed by atoms with Gasteiger partial charge in [-0.25, -0.2) is 14.5 Å². The molecule has 0 bridgehead atoms. The molecule has 276 valence electrons. The lowest BCUT2D eigenvalue weighted by Crippen LogP contribution is -2.72. The second-order valence-corrected chi connectivity index (χ2v) is 15.0. The van der Waals surface area contributed by atoms with Gasteiger partial charge in [0.2, 0.25) is 5.91 Å². The van der Waals surface area contributed by atoms with Crippen LogP contribution in [-0.2, 0) is 17.8 Å². The van der Waals surface area contributed by atoms with Gasteiger partial charge in [0.25, 0.3) is 11.8 Å². The van der Waals surface area contributed by atoms with Crippen molar-refractivity contribution >= 4 is 52.4 Å². The molecule has 5 aliphatic heterocycles. The normalized spacial score (nSPS) is 20.0. The van der Waals surface area contributed by atoms with Crippen LogP contribution in [0.4, 0.5) is 16.2 Å². The highest BCUT2D eigenvalue weighted by Crippen LogP contribution is 2.42. The number of pyridine rings is 1. The van der Waals surface area contributed by atoms with Gasteiger partial charge >= 0.3 is 6.03 Å². The number of imidazole rings is 1. The molecule has 1 spiro atoms. The Morgan fingerprint density at radius 3 is 2.57 bits per heavy atom. The number of anilines is 2. The third kappa shape index (κ3) is 5.71. The molecule has 2 aromatic carbocycles. The lowest BCUT2D eigenvalue weighted by molar-refractivity contribution is -0.120. The molecule has 54 heavy (non-hydrogen) atoms. The zero-order valence-electron chi connectivity index (χ0n) is 29.5. The minimum absolute atomic E-state index is 0.0824. The van der Waals surface area contributed by atoms with Crippen molar-refractivity contribution in [1.82, 2.24) is 35.1 Å². The molecule has 9 rings (SSSR count). The number of benzene rings is 2. The van der Waals surface area contributed by atoms with Gasteiger partial charge in [-0.1, -0.05) is 29.8 Å². The van der Waals surface area contributed by atoms with Gasteiger partial charge in [0.15, 0.2) is 5.82 Å². The van der Waals surface area contributed by atoms with Crippen LogP contribution in [0.3, 0.4) is 0 Å². The van der Waals surface area contributed by atoms with Gasteiger partial charge in [-0.05, 0) is 54.0 Å². The van der Waals surface area contributed by atoms with E-state index in [0.717, 1.165) is 60.8 Å². The van der Waals surface area contributed by atoms with Gasteiger partial charge in [-0.15, -0.1) is 0 Å². The first-order chi connectivity index (χ1) is 26.1. The van der Waals surface area contributed by atoms with Crippen molar-refractivity contribution < 1.29 is 19.2 Å². The van der Waals surface area contributed by atoms with Crippen molar-refractivity contribution in [3.8, 4) is 11.3 Å². The van der Waals surface area contributed by atoms with E-state index in [1.54, 1.807) is 22.9 Å². The van der Waals surface area contributed by atoms with Crippen molar-refractivity contribution in [3.05, 3.63) is 100 Å². The van der Waals surface area contributed by atoms with E-state index < -0.39 is 11.9 Å². The zero-order chi connectivity index (χ0) is 37.3. The summed E-state index contributed by atoms with van der Waals surface area (Å²) in [6.07, 6.45) is 6.30. The Morgan fingerprint density at radius 1 is 1.00 bits per heavy atom. The molecule has 5 N–H and O–H groups in total. The lowest BCUT2D eigenvalue weighted by Gasteiger charge is -2.60. The molecule has 7 heterocycles. The molecule has 15 nitrogen and oxygen atoms in total. The molecular formula is C38H38ClN11O4. The summed E-state index contributed by atoms with van der Waals surface area (Å²) in [7, 11) is 1.83. The second-order valence-electron chi connectivity index (χ2n) is 14.6. The maximum atomic E-state index is 13.4. The van der Waals surface area contributed by atoms with Crippen LogP contribution in [-0.4, -0.2) is 101 Å². The first-order valence-corrected chi connectivity index (χ1v) is 18.3. The Bertz CT molecular complexity index is 2260. The standard InChI is InChI=1S/C38H38ClN11O4/c1-41-28-14-32(45-50-31(34(40)52)16-43-35(28)50)48-11-9-25-24(3-2-4-29(25)48)27-8-5-22(15-42-27)17-46-18-38(19-46)20-47(21-38)36(53)23-6-7-26(39)30(13-23)49-12-10-33(51)44-37(49)54/h2-8,13-16,32,41,45H,9-12,17-21H2,1H3,(H2,40,52)(H,44,51,54). The van der Waals surface area contributed by atoms with Crippen LogP contribution < -0.4 is 31.6 Å². The number of imide groups is 1. The summed E-state index contributed by atoms with van der Waals surface area (Å²) in [5.74, 6) is -0.372. The third-order valence-corrected chi connectivity index (χ3v) is 11.3. The Kier molecular flexibility index (Phi) is 8.08. The van der Waals surface area contributed by atoms with E-state index in [4.69, 9.17) is 22.3 Å². The largest absolute Gasteiger partial charge is 0.385 e. The fourth-order valence-electron chi connectivity index (χ4n) is 8.48. The van der Waals surface area contributed by atoms with Crippen molar-refractivity contribution in [3.63, 3.8) is 0 Å². The van der Waals surface area contributed by atoms with E-state index in [2.05, 4.69) is 67.3 Å². The lowest BCUT2D eigenvalue weighted by atomic mass is 9.72. The summed E-state index contributed by atoms with van der Waals surface area (Å²) in [5.41, 5.74) is 16.6. The van der Waals surface area contributed by atoms with Crippen LogP contribution in [0, 0.1) is 5.41 Å². The monoisotopic (exact) mass is 747 g/mol. The molecule has 4 aromatic rings. The maximum Gasteiger partial charge on any atom is 0.328 e. The predicted molar refractivity (Wildman–Crippen MR) is 202 cm³/mol. The quantitative estimate of drug-likeness (QED) is 0.210. The van der Waals surface area contributed by atoms with Crippen LogP contribution in [0.15, 0.2) is 67.0 Å². The van der Waals surface area contributed by atoms with E-state index in [0.29, 0.717) is 40.9 Å². The molecule has 0 aliphatic carbocycles. The van der Waals surface area contributed by atoms with E-state index in [9.17, 15) is 19.2 Å². The highest BCUT2D eigenvalue weighted by atomic mass is 35.5. The number of nitrogens with one attached hydrogen (secondary N) is 3. The number of fused-ring (bicyclic) bond motifs is 2. The summed E-state index contributed by atoms with van der Waals surface area (Å²) in [5, 5.41) is 5.85. The third-order valence-electron chi connectivity index (χ3n) is 11.0. The number of likely N-dealkylation sites (tertiary alicyclic amines) is 2. The average Bonchev–Trinajstić information content (AvgIpc) is 3.77. The predicted octanol–water partition coefficient (Wildman–Crippen LogP) is 2.61. The Morgan fingerprint density at radius 2 is 1.83 bits per heavy atom. The smallest absolute Gasteiger partial charge is 0.328 e. The van der Waals surface area contributed by atoms with Gasteiger partial charge in [-0.2, -0.15) is 0 Å². The molecule has 1 atom stereocenters. The molecule has 0 saturated carbocycles. The number of nitrogens with two attached hydrogens (primary N) is 1. The molecule has 3 fully saturated rings. The number of primary amides is 1. The second kappa shape index (κ2) is 12.9. The van der Waals surface area contributed by atoms with Crippen LogP contribution >= 0.6 is 11.6 Å². The molecule has 16 heteroatoms. The minimum Gasteiger partial charge on any atom is -0.385 e. The SMILES string of the molecule is CNC1=CC(N2CCc3c(-c4ccc(CN5CC6(C5)CN(C(=O)c5ccc(Cl)c(N7CCC(=O)NC7=O)c5)C6)cn4)cccc32)Nn2c(C(N)=O)cnc21. The maximum absolute atomic E-state index is 13.4. The van der Waals surface area contributed by atoms with Crippen LogP contribution in [0.25, 0.3) is 17.0 Å². The Balaban J connectivity index is 0.816. The van der Waals surface area contributed by atoms with Gasteiger partial charge in [0.05, 0.1) is 28.3 Å². The number of aromatic nitrogens is 3. The summed E-state index contributed by atoms with van der Waals surface area (Å²) in [6.45, 7) is 4.91. The minimum atomic E-state index is -0.551. The number of halogens is 1. The first-order valence-electron chi connectivity index (χ1n) is 17.9. The molecule has 0 radical (unpaired) electrons. The van der Waals surface area contributed by atoms with Crippen LogP contribution in [0.5, 0.6) is 0 Å².